The number of para-hydroxylation sites is 1. The third-order valence-electron chi connectivity index (χ3n) is 12.5. The number of hydrogen-bond donors (Lipinski definition) is 0. The van der Waals surface area contributed by atoms with Crippen LogP contribution in [0.2, 0.25) is 0 Å². The molecule has 1 aliphatic rings. The number of nitrogens with zero attached hydrogens (tertiary/aromatic N) is 1. The van der Waals surface area contributed by atoms with Gasteiger partial charge in [-0.05, 0) is 97.7 Å². The van der Waals surface area contributed by atoms with E-state index in [1.807, 2.05) is 23.5 Å². The molecule has 0 amide bonds. The van der Waals surface area contributed by atoms with Crippen LogP contribution in [-0.4, -0.2) is 0 Å². The van der Waals surface area contributed by atoms with Crippen molar-refractivity contribution in [2.24, 2.45) is 0 Å². The van der Waals surface area contributed by atoms with Crippen molar-refractivity contribution >= 4 is 81.3 Å². The van der Waals surface area contributed by atoms with E-state index in [1.165, 1.54) is 75.5 Å². The second kappa shape index (κ2) is 12.5. The van der Waals surface area contributed by atoms with Gasteiger partial charge in [-0.1, -0.05) is 153 Å². The molecule has 2 heterocycles. The van der Waals surface area contributed by atoms with Crippen LogP contribution in [0.15, 0.2) is 192 Å². The zero-order valence-electron chi connectivity index (χ0n) is 32.2. The predicted molar refractivity (Wildman–Crippen MR) is 247 cm³/mol. The van der Waals surface area contributed by atoms with Crippen molar-refractivity contribution < 1.29 is 4.42 Å². The van der Waals surface area contributed by atoms with E-state index in [4.69, 9.17) is 4.42 Å². The van der Waals surface area contributed by atoms with E-state index in [2.05, 4.69) is 195 Å². The average molecular weight is 760 g/mol. The van der Waals surface area contributed by atoms with Gasteiger partial charge in [0, 0.05) is 59.5 Å². The molecule has 0 saturated carbocycles. The van der Waals surface area contributed by atoms with Crippen molar-refractivity contribution in [2.75, 3.05) is 4.90 Å². The van der Waals surface area contributed by atoms with Crippen LogP contribution in [0.3, 0.4) is 0 Å². The first-order chi connectivity index (χ1) is 28.5. The van der Waals surface area contributed by atoms with E-state index in [-0.39, 0.29) is 5.41 Å². The first kappa shape index (κ1) is 33.2. The average Bonchev–Trinajstić information content (AvgIpc) is 3.92. The van der Waals surface area contributed by atoms with Gasteiger partial charge in [0.1, 0.15) is 11.2 Å². The Labute approximate surface area is 340 Å². The largest absolute Gasteiger partial charge is 0.456 e. The van der Waals surface area contributed by atoms with Gasteiger partial charge in [-0.3, -0.25) is 0 Å². The predicted octanol–water partition coefficient (Wildman–Crippen LogP) is 16.2. The Kier molecular flexibility index (Phi) is 7.18. The molecule has 0 fully saturated rings. The molecule has 1 aliphatic carbocycles. The first-order valence-corrected chi connectivity index (χ1v) is 20.8. The van der Waals surface area contributed by atoms with Gasteiger partial charge in [-0.2, -0.15) is 0 Å². The molecule has 0 radical (unpaired) electrons. The van der Waals surface area contributed by atoms with E-state index >= 15 is 0 Å². The van der Waals surface area contributed by atoms with Crippen LogP contribution in [0, 0.1) is 0 Å². The van der Waals surface area contributed by atoms with E-state index in [0.717, 1.165) is 39.0 Å². The quantitative estimate of drug-likeness (QED) is 0.174. The third-order valence-corrected chi connectivity index (χ3v) is 13.8. The van der Waals surface area contributed by atoms with Crippen molar-refractivity contribution in [3.63, 3.8) is 0 Å². The summed E-state index contributed by atoms with van der Waals surface area (Å²) in [7, 11) is 0. The molecule has 0 aliphatic heterocycles. The Hall–Kier alpha value is -6.94. The fraction of sp³-hybridized carbons (Fsp3) is 0.0545. The summed E-state index contributed by atoms with van der Waals surface area (Å²) >= 11 is 1.90. The van der Waals surface area contributed by atoms with Gasteiger partial charge in [0.15, 0.2) is 0 Å². The van der Waals surface area contributed by atoms with Crippen LogP contribution >= 0.6 is 11.3 Å². The maximum absolute atomic E-state index is 6.42. The second-order valence-corrected chi connectivity index (χ2v) is 17.1. The lowest BCUT2D eigenvalue weighted by Gasteiger charge is -2.26. The van der Waals surface area contributed by atoms with E-state index in [9.17, 15) is 0 Å². The summed E-state index contributed by atoms with van der Waals surface area (Å²) < 4.78 is 9.09. The van der Waals surface area contributed by atoms with Gasteiger partial charge in [-0.15, -0.1) is 11.3 Å². The van der Waals surface area contributed by atoms with Gasteiger partial charge in [0.05, 0.1) is 0 Å². The highest BCUT2D eigenvalue weighted by atomic mass is 32.1. The standard InChI is InChI=1S/C55H37NOS/c1-55(2)48-18-7-5-14-47(48)52-40(15-10-19-49(52)55)35-21-26-37(27-22-35)56(39-30-32-44-43-13-6-8-20-50(43)57-51(44)33-39)38-28-23-36(24-29-38)42-16-9-17-45-46-31-25-34-11-3-4-12-41(34)54(46)58-53(42)45/h3-33H,1-2H3. The van der Waals surface area contributed by atoms with Gasteiger partial charge < -0.3 is 9.32 Å². The topological polar surface area (TPSA) is 16.4 Å². The third kappa shape index (κ3) is 4.90. The summed E-state index contributed by atoms with van der Waals surface area (Å²) in [5, 5.41) is 7.48. The van der Waals surface area contributed by atoms with Gasteiger partial charge >= 0.3 is 0 Å². The Morgan fingerprint density at radius 1 is 0.414 bits per heavy atom. The summed E-state index contributed by atoms with van der Waals surface area (Å²) in [6.07, 6.45) is 0. The minimum atomic E-state index is -0.0446. The molecule has 0 atom stereocenters. The van der Waals surface area contributed by atoms with Crippen LogP contribution in [0.25, 0.3) is 86.3 Å². The number of hydrogen-bond acceptors (Lipinski definition) is 3. The minimum Gasteiger partial charge on any atom is -0.456 e. The maximum Gasteiger partial charge on any atom is 0.137 e. The number of benzene rings is 9. The minimum absolute atomic E-state index is 0.0446. The Balaban J connectivity index is 0.979. The number of anilines is 3. The normalized spacial score (nSPS) is 13.1. The molecule has 12 rings (SSSR count). The maximum atomic E-state index is 6.42. The van der Waals surface area contributed by atoms with E-state index in [1.54, 1.807) is 0 Å². The fourth-order valence-corrected chi connectivity index (χ4v) is 11.0. The van der Waals surface area contributed by atoms with Gasteiger partial charge in [0.2, 0.25) is 0 Å². The molecular weight excluding hydrogens is 723 g/mol. The van der Waals surface area contributed by atoms with Crippen LogP contribution in [0.1, 0.15) is 25.0 Å². The van der Waals surface area contributed by atoms with Crippen molar-refractivity contribution in [2.45, 2.75) is 19.3 Å². The summed E-state index contributed by atoms with van der Waals surface area (Å²) in [6.45, 7) is 4.69. The smallest absolute Gasteiger partial charge is 0.137 e. The summed E-state index contributed by atoms with van der Waals surface area (Å²) in [4.78, 5) is 2.35. The Morgan fingerprint density at radius 3 is 1.81 bits per heavy atom. The summed E-state index contributed by atoms with van der Waals surface area (Å²) in [6, 6.07) is 68.7. The number of thiophene rings is 1. The Bertz CT molecular complexity index is 3420. The van der Waals surface area contributed by atoms with Crippen LogP contribution in [0.5, 0.6) is 0 Å². The van der Waals surface area contributed by atoms with Gasteiger partial charge in [0.25, 0.3) is 0 Å². The highest BCUT2D eigenvalue weighted by molar-refractivity contribution is 7.27. The molecule has 0 unspecified atom stereocenters. The van der Waals surface area contributed by atoms with E-state index in [0.29, 0.717) is 0 Å². The van der Waals surface area contributed by atoms with Crippen molar-refractivity contribution in [1.82, 2.24) is 0 Å². The van der Waals surface area contributed by atoms with Crippen molar-refractivity contribution in [3.8, 4) is 33.4 Å². The lowest BCUT2D eigenvalue weighted by Crippen LogP contribution is -2.14. The SMILES string of the molecule is CC1(C)c2ccccc2-c2c(-c3ccc(N(c4ccc(-c5cccc6c5sc5c7ccccc7ccc65)cc4)c4ccc5c(c4)oc4ccccc45)cc3)cccc21. The zero-order chi connectivity index (χ0) is 38.5. The summed E-state index contributed by atoms with van der Waals surface area (Å²) in [5.41, 5.74) is 15.3. The van der Waals surface area contributed by atoms with Gasteiger partial charge in [-0.25, -0.2) is 0 Å². The number of fused-ring (bicyclic) bond motifs is 11. The highest BCUT2D eigenvalue weighted by Crippen LogP contribution is 2.52. The molecular formula is C55H37NOS. The number of rotatable bonds is 5. The molecule has 0 spiro atoms. The molecule has 9 aromatic carbocycles. The Morgan fingerprint density at radius 2 is 0.983 bits per heavy atom. The highest BCUT2D eigenvalue weighted by Gasteiger charge is 2.36. The molecule has 274 valence electrons. The molecule has 3 heteroatoms. The molecule has 2 aromatic heterocycles. The fourth-order valence-electron chi connectivity index (χ4n) is 9.63. The lowest BCUT2D eigenvalue weighted by molar-refractivity contribution is 0.660. The van der Waals surface area contributed by atoms with Crippen molar-refractivity contribution in [3.05, 3.63) is 199 Å². The lowest BCUT2D eigenvalue weighted by atomic mass is 9.82. The summed E-state index contributed by atoms with van der Waals surface area (Å²) in [5.74, 6) is 0. The molecule has 11 aromatic rings. The zero-order valence-corrected chi connectivity index (χ0v) is 33.0. The number of furan rings is 1. The molecule has 58 heavy (non-hydrogen) atoms. The second-order valence-electron chi connectivity index (χ2n) is 16.1. The van der Waals surface area contributed by atoms with Crippen LogP contribution < -0.4 is 4.90 Å². The van der Waals surface area contributed by atoms with E-state index < -0.39 is 0 Å². The molecule has 0 bridgehead atoms. The molecule has 2 nitrogen and oxygen atoms in total. The van der Waals surface area contributed by atoms with Crippen molar-refractivity contribution in [1.29, 1.82) is 0 Å². The first-order valence-electron chi connectivity index (χ1n) is 20.0. The monoisotopic (exact) mass is 759 g/mol. The molecule has 0 N–H and O–H groups in total. The molecule has 0 saturated heterocycles. The van der Waals surface area contributed by atoms with Crippen LogP contribution in [-0.2, 0) is 5.41 Å². The van der Waals surface area contributed by atoms with Crippen LogP contribution in [0.4, 0.5) is 17.1 Å².